The number of ether oxygens (including phenoxy) is 3. The van der Waals surface area contributed by atoms with Crippen LogP contribution in [-0.4, -0.2) is 37.2 Å². The van der Waals surface area contributed by atoms with Crippen LogP contribution in [0.3, 0.4) is 0 Å². The van der Waals surface area contributed by atoms with Crippen LogP contribution in [0.15, 0.2) is 48.6 Å². The highest BCUT2D eigenvalue weighted by atomic mass is 16.6. The minimum absolute atomic E-state index is 0.0955. The first-order valence-corrected chi connectivity index (χ1v) is 22.1. The molecule has 1 unspecified atom stereocenters. The number of esters is 3. The Bertz CT molecular complexity index is 949. The summed E-state index contributed by atoms with van der Waals surface area (Å²) in [5, 5.41) is 0. The molecule has 0 aliphatic heterocycles. The van der Waals surface area contributed by atoms with Crippen LogP contribution >= 0.6 is 0 Å². The van der Waals surface area contributed by atoms with Gasteiger partial charge in [-0.15, -0.1) is 0 Å². The lowest BCUT2D eigenvalue weighted by molar-refractivity contribution is -0.167. The van der Waals surface area contributed by atoms with Gasteiger partial charge in [-0.1, -0.05) is 153 Å². The summed E-state index contributed by atoms with van der Waals surface area (Å²) in [5.41, 5.74) is 0. The number of allylic oxidation sites excluding steroid dienone is 8. The van der Waals surface area contributed by atoms with Gasteiger partial charge in [0.2, 0.25) is 0 Å². The van der Waals surface area contributed by atoms with E-state index in [9.17, 15) is 14.4 Å². The molecule has 6 nitrogen and oxygen atoms in total. The second kappa shape index (κ2) is 42.1. The predicted molar refractivity (Wildman–Crippen MR) is 224 cm³/mol. The Morgan fingerprint density at radius 1 is 0.396 bits per heavy atom. The lowest BCUT2D eigenvalue weighted by atomic mass is 10.1. The average molecular weight is 743 g/mol. The molecule has 0 bridgehead atoms. The van der Waals surface area contributed by atoms with E-state index in [2.05, 4.69) is 69.4 Å². The van der Waals surface area contributed by atoms with E-state index < -0.39 is 6.10 Å². The Labute approximate surface area is 327 Å². The minimum Gasteiger partial charge on any atom is -0.462 e. The predicted octanol–water partition coefficient (Wildman–Crippen LogP) is 14.0. The lowest BCUT2D eigenvalue weighted by Gasteiger charge is -2.18. The van der Waals surface area contributed by atoms with E-state index in [1.54, 1.807) is 0 Å². The third-order valence-corrected chi connectivity index (χ3v) is 9.29. The summed E-state index contributed by atoms with van der Waals surface area (Å²) < 4.78 is 16.6. The summed E-state index contributed by atoms with van der Waals surface area (Å²) in [6.45, 7) is 6.42. The van der Waals surface area contributed by atoms with Crippen molar-refractivity contribution in [2.75, 3.05) is 13.2 Å². The molecular formula is C47H82O6. The van der Waals surface area contributed by atoms with Crippen LogP contribution in [0.25, 0.3) is 0 Å². The van der Waals surface area contributed by atoms with Crippen LogP contribution in [0.4, 0.5) is 0 Å². The SMILES string of the molecule is CC/C=C\C/C=C\CCCCCCCC(=O)OC(COC(=O)CCC/C=C\CCCCCC)COC(=O)CCCCC/C=C\CCCCCCCCC. The van der Waals surface area contributed by atoms with E-state index in [0.717, 1.165) is 96.3 Å². The van der Waals surface area contributed by atoms with E-state index in [1.807, 2.05) is 0 Å². The fourth-order valence-electron chi connectivity index (χ4n) is 5.95. The summed E-state index contributed by atoms with van der Waals surface area (Å²) in [7, 11) is 0. The number of unbranched alkanes of at least 4 members (excludes halogenated alkanes) is 20. The third-order valence-electron chi connectivity index (χ3n) is 9.29. The molecule has 0 aliphatic rings. The molecule has 0 spiro atoms. The lowest BCUT2D eigenvalue weighted by Crippen LogP contribution is -2.30. The molecule has 0 aromatic rings. The minimum atomic E-state index is -0.793. The number of carbonyl (C=O) groups is 3. The van der Waals surface area contributed by atoms with E-state index in [1.165, 1.54) is 70.6 Å². The van der Waals surface area contributed by atoms with Crippen molar-refractivity contribution in [2.24, 2.45) is 0 Å². The van der Waals surface area contributed by atoms with E-state index in [4.69, 9.17) is 14.2 Å². The molecule has 0 heterocycles. The molecule has 0 aromatic carbocycles. The van der Waals surface area contributed by atoms with Crippen LogP contribution < -0.4 is 0 Å². The second-order valence-corrected chi connectivity index (χ2v) is 14.6. The van der Waals surface area contributed by atoms with E-state index >= 15 is 0 Å². The summed E-state index contributed by atoms with van der Waals surface area (Å²) in [6, 6.07) is 0. The van der Waals surface area contributed by atoms with Crippen molar-refractivity contribution >= 4 is 17.9 Å². The average Bonchev–Trinajstić information content (AvgIpc) is 3.15. The van der Waals surface area contributed by atoms with Gasteiger partial charge in [0.25, 0.3) is 0 Å². The Morgan fingerprint density at radius 3 is 1.26 bits per heavy atom. The van der Waals surface area contributed by atoms with Gasteiger partial charge in [0.15, 0.2) is 6.10 Å². The van der Waals surface area contributed by atoms with Gasteiger partial charge in [-0.05, 0) is 89.9 Å². The van der Waals surface area contributed by atoms with Gasteiger partial charge in [0.1, 0.15) is 13.2 Å². The maximum absolute atomic E-state index is 12.7. The number of hydrogen-bond donors (Lipinski definition) is 0. The Kier molecular flexibility index (Phi) is 40.0. The Hall–Kier alpha value is -2.63. The standard InChI is InChI=1S/C47H82O6/c1-4-7-10-13-16-19-21-23-24-26-28-31-34-37-40-46(49)52-43-44(42-51-45(48)39-36-33-30-27-18-15-12-9-6-3)53-47(50)41-38-35-32-29-25-22-20-17-14-11-8-5-2/h8,11,17,20,24,26-27,30,44H,4-7,9-10,12-16,18-19,21-23,25,28-29,31-43H2,1-3H3/b11-8-,20-17-,26-24-,30-27-. The van der Waals surface area contributed by atoms with Crippen molar-refractivity contribution in [3.63, 3.8) is 0 Å². The normalized spacial score (nSPS) is 12.4. The van der Waals surface area contributed by atoms with E-state index in [0.29, 0.717) is 25.7 Å². The summed E-state index contributed by atoms with van der Waals surface area (Å²) in [4.78, 5) is 37.6. The zero-order chi connectivity index (χ0) is 38.7. The molecule has 0 saturated heterocycles. The molecule has 0 amide bonds. The maximum atomic E-state index is 12.7. The molecule has 6 heteroatoms. The van der Waals surface area contributed by atoms with Gasteiger partial charge in [0.05, 0.1) is 0 Å². The van der Waals surface area contributed by atoms with Crippen LogP contribution in [0.2, 0.25) is 0 Å². The van der Waals surface area contributed by atoms with Gasteiger partial charge >= 0.3 is 17.9 Å². The maximum Gasteiger partial charge on any atom is 0.306 e. The van der Waals surface area contributed by atoms with Crippen molar-refractivity contribution in [1.29, 1.82) is 0 Å². The highest BCUT2D eigenvalue weighted by molar-refractivity contribution is 5.71. The monoisotopic (exact) mass is 743 g/mol. The highest BCUT2D eigenvalue weighted by Gasteiger charge is 2.19. The molecule has 0 N–H and O–H groups in total. The van der Waals surface area contributed by atoms with Crippen molar-refractivity contribution in [3.05, 3.63) is 48.6 Å². The van der Waals surface area contributed by atoms with Gasteiger partial charge in [0, 0.05) is 19.3 Å². The topological polar surface area (TPSA) is 78.9 Å². The zero-order valence-corrected chi connectivity index (χ0v) is 34.8. The first-order valence-electron chi connectivity index (χ1n) is 22.1. The van der Waals surface area contributed by atoms with Crippen LogP contribution in [0, 0.1) is 0 Å². The van der Waals surface area contributed by atoms with Crippen molar-refractivity contribution in [1.82, 2.24) is 0 Å². The second-order valence-electron chi connectivity index (χ2n) is 14.6. The highest BCUT2D eigenvalue weighted by Crippen LogP contribution is 2.12. The Balaban J connectivity index is 4.42. The van der Waals surface area contributed by atoms with Gasteiger partial charge in [-0.25, -0.2) is 0 Å². The molecule has 0 aliphatic carbocycles. The van der Waals surface area contributed by atoms with Crippen molar-refractivity contribution in [2.45, 2.75) is 219 Å². The first-order chi connectivity index (χ1) is 26.0. The van der Waals surface area contributed by atoms with Crippen LogP contribution in [0.5, 0.6) is 0 Å². The molecule has 0 radical (unpaired) electrons. The number of hydrogen-bond acceptors (Lipinski definition) is 6. The first kappa shape index (κ1) is 50.4. The summed E-state index contributed by atoms with van der Waals surface area (Å²) in [5.74, 6) is -0.965. The quantitative estimate of drug-likeness (QED) is 0.0270. The molecule has 53 heavy (non-hydrogen) atoms. The van der Waals surface area contributed by atoms with Crippen LogP contribution in [-0.2, 0) is 28.6 Å². The van der Waals surface area contributed by atoms with E-state index in [-0.39, 0.29) is 31.1 Å². The van der Waals surface area contributed by atoms with Crippen molar-refractivity contribution in [3.8, 4) is 0 Å². The molecular weight excluding hydrogens is 661 g/mol. The zero-order valence-electron chi connectivity index (χ0n) is 34.8. The number of rotatable bonds is 39. The van der Waals surface area contributed by atoms with Crippen molar-refractivity contribution < 1.29 is 28.6 Å². The van der Waals surface area contributed by atoms with Gasteiger partial charge in [-0.3, -0.25) is 14.4 Å². The molecule has 0 rings (SSSR count). The molecule has 0 saturated carbocycles. The fourth-order valence-corrected chi connectivity index (χ4v) is 5.95. The molecule has 306 valence electrons. The largest absolute Gasteiger partial charge is 0.462 e. The smallest absolute Gasteiger partial charge is 0.306 e. The fraction of sp³-hybridized carbons (Fsp3) is 0.766. The van der Waals surface area contributed by atoms with Gasteiger partial charge in [-0.2, -0.15) is 0 Å². The molecule has 0 fully saturated rings. The molecule has 1 atom stereocenters. The third kappa shape index (κ3) is 40.4. The number of carbonyl (C=O) groups excluding carboxylic acids is 3. The summed E-state index contributed by atoms with van der Waals surface area (Å²) >= 11 is 0. The van der Waals surface area contributed by atoms with Crippen LogP contribution in [0.1, 0.15) is 213 Å². The Morgan fingerprint density at radius 2 is 0.755 bits per heavy atom. The molecule has 0 aromatic heterocycles. The van der Waals surface area contributed by atoms with Gasteiger partial charge < -0.3 is 14.2 Å². The summed E-state index contributed by atoms with van der Waals surface area (Å²) in [6.07, 6.45) is 48.2.